The fraction of sp³-hybridized carbons (Fsp3) is 0.364. The molecule has 29 heavy (non-hydrogen) atoms. The number of hydrogen-bond donors (Lipinski definition) is 1. The monoisotopic (exact) mass is 399 g/mol. The van der Waals surface area contributed by atoms with Crippen molar-refractivity contribution in [3.05, 3.63) is 59.7 Å². The molecule has 3 rings (SSSR count). The topological polar surface area (TPSA) is 85.3 Å². The molecular weight excluding hydrogens is 374 g/mol. The SMILES string of the molecule is COc1ccccc1COC1CCN(C(=O)c2cccc(OCC(=O)O)c2)CC1. The fourth-order valence-corrected chi connectivity index (χ4v) is 3.30. The normalized spacial score (nSPS) is 14.4. The molecule has 1 fully saturated rings. The Morgan fingerprint density at radius 1 is 1.10 bits per heavy atom. The number of piperidine rings is 1. The van der Waals surface area contributed by atoms with Crippen molar-refractivity contribution in [3.8, 4) is 11.5 Å². The zero-order chi connectivity index (χ0) is 20.6. The number of rotatable bonds is 8. The van der Waals surface area contributed by atoms with E-state index < -0.39 is 12.6 Å². The number of methoxy groups -OCH3 is 1. The van der Waals surface area contributed by atoms with Crippen molar-refractivity contribution >= 4 is 11.9 Å². The van der Waals surface area contributed by atoms with Crippen LogP contribution in [0.3, 0.4) is 0 Å². The number of amides is 1. The van der Waals surface area contributed by atoms with Crippen molar-refractivity contribution in [2.75, 3.05) is 26.8 Å². The number of likely N-dealkylation sites (tertiary alicyclic amines) is 1. The molecule has 0 aliphatic carbocycles. The number of hydrogen-bond acceptors (Lipinski definition) is 5. The minimum absolute atomic E-state index is 0.0889. The van der Waals surface area contributed by atoms with Crippen LogP contribution >= 0.6 is 0 Å². The van der Waals surface area contributed by atoms with Crippen LogP contribution in [-0.4, -0.2) is 54.8 Å². The Labute approximate surface area is 169 Å². The van der Waals surface area contributed by atoms with E-state index in [9.17, 15) is 9.59 Å². The number of aliphatic carboxylic acids is 1. The molecule has 0 bridgehead atoms. The lowest BCUT2D eigenvalue weighted by atomic mass is 10.1. The zero-order valence-electron chi connectivity index (χ0n) is 16.4. The molecule has 1 aliphatic rings. The highest BCUT2D eigenvalue weighted by Gasteiger charge is 2.24. The van der Waals surface area contributed by atoms with E-state index in [1.807, 2.05) is 24.3 Å². The smallest absolute Gasteiger partial charge is 0.341 e. The lowest BCUT2D eigenvalue weighted by Crippen LogP contribution is -2.40. The molecule has 7 nitrogen and oxygen atoms in total. The number of carboxylic acid groups (broad SMARTS) is 1. The average molecular weight is 399 g/mol. The molecule has 7 heteroatoms. The average Bonchev–Trinajstić information content (AvgIpc) is 2.76. The van der Waals surface area contributed by atoms with Gasteiger partial charge in [0.1, 0.15) is 11.5 Å². The molecule has 154 valence electrons. The molecule has 1 amide bonds. The van der Waals surface area contributed by atoms with Gasteiger partial charge in [0.05, 0.1) is 19.8 Å². The van der Waals surface area contributed by atoms with Gasteiger partial charge < -0.3 is 24.2 Å². The Hall–Kier alpha value is -3.06. The van der Waals surface area contributed by atoms with E-state index in [1.165, 1.54) is 0 Å². The number of carbonyl (C=O) groups is 2. The summed E-state index contributed by atoms with van der Waals surface area (Å²) >= 11 is 0. The number of para-hydroxylation sites is 1. The first kappa shape index (κ1) is 20.7. The van der Waals surface area contributed by atoms with Crippen molar-refractivity contribution in [2.24, 2.45) is 0 Å². The molecule has 0 radical (unpaired) electrons. The van der Waals surface area contributed by atoms with E-state index in [2.05, 4.69) is 0 Å². The molecule has 0 spiro atoms. The minimum atomic E-state index is -1.06. The summed E-state index contributed by atoms with van der Waals surface area (Å²) in [6.07, 6.45) is 1.61. The van der Waals surface area contributed by atoms with E-state index in [0.717, 1.165) is 24.2 Å². The summed E-state index contributed by atoms with van der Waals surface area (Å²) in [5.74, 6) is 0.0317. The summed E-state index contributed by atoms with van der Waals surface area (Å²) in [5.41, 5.74) is 1.49. The molecule has 2 aromatic carbocycles. The summed E-state index contributed by atoms with van der Waals surface area (Å²) < 4.78 is 16.5. The van der Waals surface area contributed by atoms with Crippen LogP contribution in [0.25, 0.3) is 0 Å². The number of nitrogens with zero attached hydrogens (tertiary/aromatic N) is 1. The third kappa shape index (κ3) is 5.71. The Kier molecular flexibility index (Phi) is 7.08. The molecule has 0 saturated carbocycles. The van der Waals surface area contributed by atoms with Crippen LogP contribution in [0.4, 0.5) is 0 Å². The van der Waals surface area contributed by atoms with E-state index in [-0.39, 0.29) is 12.0 Å². The van der Waals surface area contributed by atoms with E-state index in [1.54, 1.807) is 36.3 Å². The summed E-state index contributed by atoms with van der Waals surface area (Å²) in [4.78, 5) is 25.2. The summed E-state index contributed by atoms with van der Waals surface area (Å²) in [5, 5.41) is 8.71. The van der Waals surface area contributed by atoms with Gasteiger partial charge in [0.15, 0.2) is 6.61 Å². The first-order valence-corrected chi connectivity index (χ1v) is 9.54. The maximum absolute atomic E-state index is 12.8. The largest absolute Gasteiger partial charge is 0.496 e. The van der Waals surface area contributed by atoms with Gasteiger partial charge >= 0.3 is 5.97 Å². The molecule has 0 atom stereocenters. The molecule has 1 N–H and O–H groups in total. The van der Waals surface area contributed by atoms with Gasteiger partial charge in [0, 0.05) is 24.2 Å². The molecule has 2 aromatic rings. The molecule has 1 aliphatic heterocycles. The number of benzene rings is 2. The summed E-state index contributed by atoms with van der Waals surface area (Å²) in [6, 6.07) is 14.4. The van der Waals surface area contributed by atoms with E-state index in [0.29, 0.717) is 31.0 Å². The highest BCUT2D eigenvalue weighted by atomic mass is 16.5. The van der Waals surface area contributed by atoms with Crippen molar-refractivity contribution < 1.29 is 28.9 Å². The predicted molar refractivity (Wildman–Crippen MR) is 106 cm³/mol. The highest BCUT2D eigenvalue weighted by Crippen LogP contribution is 2.23. The second-order valence-corrected chi connectivity index (χ2v) is 6.82. The van der Waals surface area contributed by atoms with Gasteiger partial charge in [0.2, 0.25) is 0 Å². The highest BCUT2D eigenvalue weighted by molar-refractivity contribution is 5.94. The number of carboxylic acids is 1. The number of carbonyl (C=O) groups excluding carboxylic acids is 1. The Morgan fingerprint density at radius 3 is 2.59 bits per heavy atom. The second kappa shape index (κ2) is 9.93. The van der Waals surface area contributed by atoms with Gasteiger partial charge in [-0.15, -0.1) is 0 Å². The third-order valence-electron chi connectivity index (χ3n) is 4.84. The fourth-order valence-electron chi connectivity index (χ4n) is 3.30. The van der Waals surface area contributed by atoms with Crippen molar-refractivity contribution in [1.29, 1.82) is 0 Å². The van der Waals surface area contributed by atoms with Gasteiger partial charge in [-0.25, -0.2) is 4.79 Å². The predicted octanol–water partition coefficient (Wildman–Crippen LogP) is 2.98. The quantitative estimate of drug-likeness (QED) is 0.735. The molecule has 1 heterocycles. The molecule has 0 aromatic heterocycles. The van der Waals surface area contributed by atoms with Gasteiger partial charge in [-0.05, 0) is 37.1 Å². The Morgan fingerprint density at radius 2 is 1.86 bits per heavy atom. The van der Waals surface area contributed by atoms with Crippen LogP contribution < -0.4 is 9.47 Å². The lowest BCUT2D eigenvalue weighted by molar-refractivity contribution is -0.139. The zero-order valence-corrected chi connectivity index (χ0v) is 16.4. The van der Waals surface area contributed by atoms with Crippen LogP contribution in [0.1, 0.15) is 28.8 Å². The minimum Gasteiger partial charge on any atom is -0.496 e. The molecular formula is C22H25NO6. The Balaban J connectivity index is 1.50. The number of ether oxygens (including phenoxy) is 3. The summed E-state index contributed by atoms with van der Waals surface area (Å²) in [7, 11) is 1.64. The van der Waals surface area contributed by atoms with Gasteiger partial charge in [-0.1, -0.05) is 24.3 Å². The van der Waals surface area contributed by atoms with Crippen LogP contribution in [0.2, 0.25) is 0 Å². The lowest BCUT2D eigenvalue weighted by Gasteiger charge is -2.32. The maximum Gasteiger partial charge on any atom is 0.341 e. The first-order valence-electron chi connectivity index (χ1n) is 9.54. The second-order valence-electron chi connectivity index (χ2n) is 6.82. The van der Waals surface area contributed by atoms with Gasteiger partial charge in [0.25, 0.3) is 5.91 Å². The van der Waals surface area contributed by atoms with E-state index in [4.69, 9.17) is 19.3 Å². The van der Waals surface area contributed by atoms with Gasteiger partial charge in [-0.3, -0.25) is 4.79 Å². The van der Waals surface area contributed by atoms with Crippen LogP contribution in [0, 0.1) is 0 Å². The summed E-state index contributed by atoms with van der Waals surface area (Å²) in [6.45, 7) is 1.25. The van der Waals surface area contributed by atoms with Gasteiger partial charge in [-0.2, -0.15) is 0 Å². The Bertz CT molecular complexity index is 845. The molecule has 1 saturated heterocycles. The van der Waals surface area contributed by atoms with Crippen LogP contribution in [-0.2, 0) is 16.1 Å². The van der Waals surface area contributed by atoms with E-state index >= 15 is 0 Å². The standard InChI is InChI=1S/C22H25NO6/c1-27-20-8-3-2-5-17(20)14-28-18-9-11-23(12-10-18)22(26)16-6-4-7-19(13-16)29-15-21(24)25/h2-8,13,18H,9-12,14-15H2,1H3,(H,24,25). The van der Waals surface area contributed by atoms with Crippen LogP contribution in [0.5, 0.6) is 11.5 Å². The third-order valence-corrected chi connectivity index (χ3v) is 4.84. The van der Waals surface area contributed by atoms with Crippen molar-refractivity contribution in [1.82, 2.24) is 4.90 Å². The van der Waals surface area contributed by atoms with Crippen molar-refractivity contribution in [2.45, 2.75) is 25.6 Å². The maximum atomic E-state index is 12.8. The molecule has 0 unspecified atom stereocenters. The first-order chi connectivity index (χ1) is 14.1. The van der Waals surface area contributed by atoms with Crippen LogP contribution in [0.15, 0.2) is 48.5 Å². The van der Waals surface area contributed by atoms with Crippen molar-refractivity contribution in [3.63, 3.8) is 0 Å².